The zero-order valence-electron chi connectivity index (χ0n) is 24.1. The van der Waals surface area contributed by atoms with Gasteiger partial charge in [0.25, 0.3) is 11.8 Å². The number of amides is 4. The summed E-state index contributed by atoms with van der Waals surface area (Å²) >= 11 is 0. The molecule has 9 nitrogen and oxygen atoms in total. The Balaban J connectivity index is 1.04. The summed E-state index contributed by atoms with van der Waals surface area (Å²) in [7, 11) is 0. The van der Waals surface area contributed by atoms with Gasteiger partial charge in [-0.2, -0.15) is 0 Å². The zero-order chi connectivity index (χ0) is 30.1. The zero-order valence-corrected chi connectivity index (χ0v) is 24.1. The summed E-state index contributed by atoms with van der Waals surface area (Å²) in [5.41, 5.74) is 12.5. The van der Waals surface area contributed by atoms with Crippen LogP contribution in [0.2, 0.25) is 0 Å². The molecule has 1 unspecified atom stereocenters. The summed E-state index contributed by atoms with van der Waals surface area (Å²) in [5, 5.41) is 2.24. The minimum atomic E-state index is -0.962. The predicted molar refractivity (Wildman–Crippen MR) is 164 cm³/mol. The van der Waals surface area contributed by atoms with Crippen LogP contribution in [0.25, 0.3) is 5.70 Å². The molecule has 1 atom stereocenters. The first-order chi connectivity index (χ1) is 20.8. The number of nitrogens with two attached hydrogens (primary N) is 1. The molecule has 3 N–H and O–H groups in total. The van der Waals surface area contributed by atoms with Crippen LogP contribution in [-0.2, 0) is 29.0 Å². The van der Waals surface area contributed by atoms with Gasteiger partial charge >= 0.3 is 0 Å². The highest BCUT2D eigenvalue weighted by Gasteiger charge is 2.45. The van der Waals surface area contributed by atoms with E-state index in [0.717, 1.165) is 54.3 Å². The number of aryl methyl sites for hydroxylation is 2. The molecular formula is C34H35N5O4. The van der Waals surface area contributed by atoms with Gasteiger partial charge < -0.3 is 10.6 Å². The number of carbonyl (C=O) groups is 4. The second-order valence-corrected chi connectivity index (χ2v) is 11.4. The molecule has 220 valence electrons. The molecule has 2 saturated heterocycles. The molecule has 2 fully saturated rings. The predicted octanol–water partition coefficient (Wildman–Crippen LogP) is 3.12. The van der Waals surface area contributed by atoms with Crippen molar-refractivity contribution in [1.82, 2.24) is 15.1 Å². The summed E-state index contributed by atoms with van der Waals surface area (Å²) in [6.45, 7) is 8.56. The molecule has 4 amide bonds. The van der Waals surface area contributed by atoms with Crippen LogP contribution >= 0.6 is 0 Å². The van der Waals surface area contributed by atoms with Crippen LogP contribution in [0.1, 0.15) is 55.8 Å². The molecule has 0 bridgehead atoms. The van der Waals surface area contributed by atoms with E-state index in [1.807, 2.05) is 18.2 Å². The van der Waals surface area contributed by atoms with Crippen LogP contribution in [0.4, 0.5) is 5.69 Å². The number of hydrogen-bond acceptors (Lipinski definition) is 7. The molecule has 9 heteroatoms. The monoisotopic (exact) mass is 577 g/mol. The topological polar surface area (TPSA) is 116 Å². The Bertz CT molecular complexity index is 1610. The van der Waals surface area contributed by atoms with Crippen molar-refractivity contribution in [2.24, 2.45) is 5.73 Å². The first-order valence-corrected chi connectivity index (χ1v) is 14.7. The minimum absolute atomic E-state index is 0.101. The number of fused-ring (bicyclic) bond motifs is 1. The first-order valence-electron chi connectivity index (χ1n) is 14.7. The molecule has 0 aromatic heterocycles. The van der Waals surface area contributed by atoms with Crippen LogP contribution in [0.5, 0.6) is 0 Å². The van der Waals surface area contributed by atoms with Crippen molar-refractivity contribution >= 4 is 35.0 Å². The van der Waals surface area contributed by atoms with Crippen molar-refractivity contribution in [3.05, 3.63) is 107 Å². The fraction of sp³-hybridized carbons (Fsp3) is 0.294. The van der Waals surface area contributed by atoms with Crippen LogP contribution in [0.15, 0.2) is 73.3 Å². The van der Waals surface area contributed by atoms with E-state index in [9.17, 15) is 19.2 Å². The number of piperidine rings is 1. The van der Waals surface area contributed by atoms with Crippen molar-refractivity contribution in [2.75, 3.05) is 31.1 Å². The Morgan fingerprint density at radius 1 is 0.860 bits per heavy atom. The normalized spacial score (nSPS) is 19.0. The molecule has 0 saturated carbocycles. The van der Waals surface area contributed by atoms with Crippen molar-refractivity contribution in [2.45, 2.75) is 38.3 Å². The average molecular weight is 578 g/mol. The Labute approximate surface area is 250 Å². The maximum atomic E-state index is 13.4. The molecule has 6 rings (SSSR count). The Morgan fingerprint density at radius 3 is 2.30 bits per heavy atom. The van der Waals surface area contributed by atoms with Gasteiger partial charge in [-0.25, -0.2) is 0 Å². The molecule has 43 heavy (non-hydrogen) atoms. The smallest absolute Gasteiger partial charge is 0.262 e. The Hall–Kier alpha value is -4.76. The van der Waals surface area contributed by atoms with Crippen molar-refractivity contribution in [1.29, 1.82) is 0 Å². The third-order valence-corrected chi connectivity index (χ3v) is 8.62. The lowest BCUT2D eigenvalue weighted by Gasteiger charge is -2.36. The first kappa shape index (κ1) is 28.4. The van der Waals surface area contributed by atoms with Crippen molar-refractivity contribution in [3.8, 4) is 0 Å². The quantitative estimate of drug-likeness (QED) is 0.395. The van der Waals surface area contributed by atoms with Gasteiger partial charge in [0.2, 0.25) is 11.8 Å². The molecule has 0 radical (unpaired) electrons. The van der Waals surface area contributed by atoms with E-state index in [2.05, 4.69) is 58.1 Å². The molecule has 0 aliphatic carbocycles. The van der Waals surface area contributed by atoms with E-state index in [1.165, 1.54) is 11.3 Å². The molecule has 3 aliphatic rings. The van der Waals surface area contributed by atoms with E-state index in [1.54, 1.807) is 12.1 Å². The second-order valence-electron chi connectivity index (χ2n) is 11.4. The van der Waals surface area contributed by atoms with Crippen molar-refractivity contribution < 1.29 is 19.2 Å². The van der Waals surface area contributed by atoms with E-state index < -0.39 is 23.8 Å². The minimum Gasteiger partial charge on any atom is -0.399 e. The molecule has 3 aliphatic heterocycles. The molecule has 3 aromatic carbocycles. The molecule has 3 heterocycles. The Morgan fingerprint density at radius 2 is 1.58 bits per heavy atom. The van der Waals surface area contributed by atoms with Gasteiger partial charge in [0.15, 0.2) is 0 Å². The van der Waals surface area contributed by atoms with Gasteiger partial charge in [0, 0.05) is 50.5 Å². The van der Waals surface area contributed by atoms with Gasteiger partial charge in [-0.15, -0.1) is 0 Å². The summed E-state index contributed by atoms with van der Waals surface area (Å²) < 4.78 is 0. The van der Waals surface area contributed by atoms with Gasteiger partial charge in [0.05, 0.1) is 11.1 Å². The fourth-order valence-electron chi connectivity index (χ4n) is 6.21. The van der Waals surface area contributed by atoms with Crippen LogP contribution < -0.4 is 16.0 Å². The largest absolute Gasteiger partial charge is 0.399 e. The summed E-state index contributed by atoms with van der Waals surface area (Å²) in [6.07, 6.45) is 1.55. The van der Waals surface area contributed by atoms with Gasteiger partial charge in [0.1, 0.15) is 6.04 Å². The number of rotatable bonds is 8. The van der Waals surface area contributed by atoms with E-state index in [-0.39, 0.29) is 18.7 Å². The number of carbonyl (C=O) groups excluding carboxylic acids is 4. The molecule has 0 spiro atoms. The highest BCUT2D eigenvalue weighted by molar-refractivity contribution is 6.24. The van der Waals surface area contributed by atoms with Crippen LogP contribution in [0, 0.1) is 0 Å². The number of imide groups is 2. The SMILES string of the molecule is C=C(N)c1cccc(N2CCN(Cc3ccc(CCc4cccc5c4C(=O)N(C4CCC(=O)NC4=O)C5=O)cc3)CC2)c1. The van der Waals surface area contributed by atoms with E-state index in [4.69, 9.17) is 5.73 Å². The van der Waals surface area contributed by atoms with Gasteiger partial charge in [-0.3, -0.25) is 34.3 Å². The number of benzene rings is 3. The van der Waals surface area contributed by atoms with E-state index >= 15 is 0 Å². The maximum absolute atomic E-state index is 13.4. The standard InChI is InChI=1S/C34H35N5O4/c1-22(35)26-5-2-6-27(20-26)38-18-16-37(17-19-38)21-24-10-8-23(9-11-24)12-13-25-4-3-7-28-31(25)34(43)39(33(28)42)29-14-15-30(40)36-32(29)41/h2-11,20,29H,1,12-19,21,35H2,(H,36,40,41). The summed E-state index contributed by atoms with van der Waals surface area (Å²) in [4.78, 5) is 56.3. The third kappa shape index (κ3) is 5.81. The third-order valence-electron chi connectivity index (χ3n) is 8.62. The van der Waals surface area contributed by atoms with Crippen molar-refractivity contribution in [3.63, 3.8) is 0 Å². The highest BCUT2D eigenvalue weighted by Crippen LogP contribution is 2.30. The fourth-order valence-corrected chi connectivity index (χ4v) is 6.21. The lowest BCUT2D eigenvalue weighted by atomic mass is 9.96. The summed E-state index contributed by atoms with van der Waals surface area (Å²) in [6, 6.07) is 21.1. The lowest BCUT2D eigenvalue weighted by Crippen LogP contribution is -2.54. The lowest BCUT2D eigenvalue weighted by molar-refractivity contribution is -0.136. The van der Waals surface area contributed by atoms with Crippen LogP contribution in [0.3, 0.4) is 0 Å². The van der Waals surface area contributed by atoms with Gasteiger partial charge in [-0.1, -0.05) is 55.1 Å². The average Bonchev–Trinajstić information content (AvgIpc) is 3.27. The Kier molecular flexibility index (Phi) is 7.82. The number of hydrogen-bond donors (Lipinski definition) is 2. The van der Waals surface area contributed by atoms with Crippen LogP contribution in [-0.4, -0.2) is 65.6 Å². The number of piperazine rings is 1. The molecule has 3 aromatic rings. The molecular weight excluding hydrogens is 542 g/mol. The maximum Gasteiger partial charge on any atom is 0.262 e. The highest BCUT2D eigenvalue weighted by atomic mass is 16.2. The summed E-state index contributed by atoms with van der Waals surface area (Å²) in [5.74, 6) is -1.92. The number of nitrogens with zero attached hydrogens (tertiary/aromatic N) is 3. The van der Waals surface area contributed by atoms with E-state index in [0.29, 0.717) is 29.7 Å². The second kappa shape index (κ2) is 11.9. The van der Waals surface area contributed by atoms with Gasteiger partial charge in [-0.05, 0) is 59.7 Å². The number of anilines is 1. The number of nitrogens with one attached hydrogen (secondary N) is 1.